The van der Waals surface area contributed by atoms with Crippen molar-refractivity contribution in [3.8, 4) is 0 Å². The molecule has 0 aromatic heterocycles. The van der Waals surface area contributed by atoms with Crippen LogP contribution in [0.25, 0.3) is 0 Å². The SMILES string of the molecule is CC1N=C(OCc2ccc(F)cc2F)C(Br)=CN1c1c(F)cc(N2CCOCC2)cc1F. The van der Waals surface area contributed by atoms with Crippen molar-refractivity contribution < 1.29 is 27.0 Å². The molecule has 1 atom stereocenters. The summed E-state index contributed by atoms with van der Waals surface area (Å²) in [6.07, 6.45) is 0.770. The first-order valence-corrected chi connectivity index (χ1v) is 10.7. The first kappa shape index (κ1) is 22.6. The third-order valence-corrected chi connectivity index (χ3v) is 5.72. The molecule has 0 N–H and O–H groups in total. The van der Waals surface area contributed by atoms with Gasteiger partial charge in [-0.05, 0) is 47.1 Å². The van der Waals surface area contributed by atoms with Crippen LogP contribution in [0.2, 0.25) is 0 Å². The third kappa shape index (κ3) is 4.75. The number of halogens is 5. The fourth-order valence-corrected chi connectivity index (χ4v) is 3.96. The summed E-state index contributed by atoms with van der Waals surface area (Å²) in [6, 6.07) is 5.77. The Morgan fingerprint density at radius 2 is 1.75 bits per heavy atom. The minimum atomic E-state index is -0.735. The van der Waals surface area contributed by atoms with Gasteiger partial charge in [-0.25, -0.2) is 22.6 Å². The van der Waals surface area contributed by atoms with Crippen LogP contribution in [0.3, 0.4) is 0 Å². The molecule has 2 aliphatic rings. The van der Waals surface area contributed by atoms with Gasteiger partial charge >= 0.3 is 0 Å². The van der Waals surface area contributed by atoms with Crippen LogP contribution in [0.1, 0.15) is 12.5 Å². The maximum absolute atomic E-state index is 15.0. The smallest absolute Gasteiger partial charge is 0.227 e. The van der Waals surface area contributed by atoms with Crippen LogP contribution in [-0.2, 0) is 16.1 Å². The van der Waals surface area contributed by atoms with Crippen molar-refractivity contribution in [2.45, 2.75) is 19.7 Å². The summed E-state index contributed by atoms with van der Waals surface area (Å²) >= 11 is 3.29. The highest BCUT2D eigenvalue weighted by Crippen LogP contribution is 2.34. The predicted molar refractivity (Wildman–Crippen MR) is 117 cm³/mol. The van der Waals surface area contributed by atoms with Gasteiger partial charge in [-0.3, -0.25) is 0 Å². The van der Waals surface area contributed by atoms with Gasteiger partial charge in [0.15, 0.2) is 11.6 Å². The van der Waals surface area contributed by atoms with Crippen LogP contribution in [0.15, 0.2) is 46.0 Å². The summed E-state index contributed by atoms with van der Waals surface area (Å²) in [6.45, 7) is 3.59. The van der Waals surface area contributed by atoms with E-state index in [1.165, 1.54) is 29.3 Å². The van der Waals surface area contributed by atoms with E-state index in [4.69, 9.17) is 9.47 Å². The lowest BCUT2D eigenvalue weighted by atomic mass is 10.2. The van der Waals surface area contributed by atoms with Gasteiger partial charge in [0.05, 0.1) is 17.7 Å². The van der Waals surface area contributed by atoms with Crippen molar-refractivity contribution in [2.75, 3.05) is 36.1 Å². The van der Waals surface area contributed by atoms with E-state index in [1.807, 2.05) is 4.90 Å². The molecule has 1 saturated heterocycles. The molecule has 0 spiro atoms. The molecule has 5 nitrogen and oxygen atoms in total. The molecule has 0 radical (unpaired) electrons. The molecular formula is C22H20BrF4N3O2. The summed E-state index contributed by atoms with van der Waals surface area (Å²) in [7, 11) is 0. The first-order chi connectivity index (χ1) is 15.3. The van der Waals surface area contributed by atoms with Crippen molar-refractivity contribution in [1.29, 1.82) is 0 Å². The van der Waals surface area contributed by atoms with E-state index in [2.05, 4.69) is 20.9 Å². The van der Waals surface area contributed by atoms with Crippen LogP contribution >= 0.6 is 15.9 Å². The second kappa shape index (κ2) is 9.50. The zero-order valence-electron chi connectivity index (χ0n) is 17.1. The zero-order valence-corrected chi connectivity index (χ0v) is 18.7. The van der Waals surface area contributed by atoms with Gasteiger partial charge in [0.25, 0.3) is 0 Å². The number of rotatable bonds is 4. The van der Waals surface area contributed by atoms with Crippen molar-refractivity contribution in [3.63, 3.8) is 0 Å². The number of hydrogen-bond acceptors (Lipinski definition) is 5. The molecule has 2 aromatic carbocycles. The average molecular weight is 514 g/mol. The van der Waals surface area contributed by atoms with Gasteiger partial charge in [0.2, 0.25) is 5.90 Å². The normalized spacial score (nSPS) is 19.0. The third-order valence-electron chi connectivity index (χ3n) is 5.18. The van der Waals surface area contributed by atoms with E-state index < -0.39 is 29.4 Å². The Labute approximate surface area is 191 Å². The molecule has 2 aromatic rings. The van der Waals surface area contributed by atoms with E-state index in [-0.39, 0.29) is 23.8 Å². The summed E-state index contributed by atoms with van der Waals surface area (Å²) < 4.78 is 68.0. The molecule has 1 fully saturated rings. The van der Waals surface area contributed by atoms with Crippen molar-refractivity contribution >= 4 is 33.2 Å². The first-order valence-electron chi connectivity index (χ1n) is 9.96. The molecule has 0 bridgehead atoms. The van der Waals surface area contributed by atoms with Gasteiger partial charge in [-0.2, -0.15) is 0 Å². The molecule has 1 unspecified atom stereocenters. The van der Waals surface area contributed by atoms with E-state index >= 15 is 0 Å². The van der Waals surface area contributed by atoms with E-state index in [9.17, 15) is 17.6 Å². The predicted octanol–water partition coefficient (Wildman–Crippen LogP) is 5.10. The average Bonchev–Trinajstić information content (AvgIpc) is 2.76. The standard InChI is InChI=1S/C22H20BrF4N3O2/c1-13-28-22(32-12-14-2-3-15(24)8-18(14)25)17(23)11-30(13)21-19(26)9-16(10-20(21)27)29-4-6-31-7-5-29/h2-3,8-11,13H,4-7,12H2,1H3. The number of benzene rings is 2. The Hall–Kier alpha value is -2.59. The number of anilines is 2. The maximum Gasteiger partial charge on any atom is 0.227 e. The lowest BCUT2D eigenvalue weighted by molar-refractivity contribution is 0.122. The Kier molecular flexibility index (Phi) is 6.71. The molecule has 0 amide bonds. The van der Waals surface area contributed by atoms with Crippen molar-refractivity contribution in [3.05, 3.63) is 69.8 Å². The molecule has 0 aliphatic carbocycles. The number of nitrogens with zero attached hydrogens (tertiary/aromatic N) is 3. The van der Waals surface area contributed by atoms with Gasteiger partial charge in [0.1, 0.15) is 30.1 Å². The van der Waals surface area contributed by atoms with Crippen LogP contribution < -0.4 is 9.80 Å². The molecule has 0 saturated carbocycles. The van der Waals surface area contributed by atoms with Crippen LogP contribution in [0, 0.1) is 23.3 Å². The fourth-order valence-electron chi connectivity index (χ4n) is 3.52. The summed E-state index contributed by atoms with van der Waals surface area (Å²) in [5, 5.41) is 0. The van der Waals surface area contributed by atoms with Crippen LogP contribution in [-0.4, -0.2) is 38.4 Å². The fraction of sp³-hybridized carbons (Fsp3) is 0.318. The van der Waals surface area contributed by atoms with Gasteiger partial charge in [-0.1, -0.05) is 0 Å². The van der Waals surface area contributed by atoms with Crippen LogP contribution in [0.5, 0.6) is 0 Å². The highest BCUT2D eigenvalue weighted by atomic mass is 79.9. The highest BCUT2D eigenvalue weighted by molar-refractivity contribution is 9.12. The van der Waals surface area contributed by atoms with E-state index in [0.717, 1.165) is 12.1 Å². The lowest BCUT2D eigenvalue weighted by Gasteiger charge is -2.32. The Balaban J connectivity index is 1.52. The topological polar surface area (TPSA) is 37.3 Å². The minimum Gasteiger partial charge on any atom is -0.472 e. The molecule has 2 heterocycles. The number of ether oxygens (including phenoxy) is 2. The highest BCUT2D eigenvalue weighted by Gasteiger charge is 2.27. The minimum absolute atomic E-state index is 0.142. The largest absolute Gasteiger partial charge is 0.472 e. The van der Waals surface area contributed by atoms with Gasteiger partial charge in [0, 0.05) is 36.6 Å². The van der Waals surface area contributed by atoms with Crippen molar-refractivity contribution in [2.24, 2.45) is 4.99 Å². The Bertz CT molecular complexity index is 1050. The second-order valence-corrected chi connectivity index (χ2v) is 8.19. The van der Waals surface area contributed by atoms with Gasteiger partial charge in [-0.15, -0.1) is 0 Å². The monoisotopic (exact) mass is 513 g/mol. The molecule has 4 rings (SSSR count). The zero-order chi connectivity index (χ0) is 22.8. The molecular weight excluding hydrogens is 494 g/mol. The van der Waals surface area contributed by atoms with Gasteiger partial charge < -0.3 is 19.3 Å². The Morgan fingerprint density at radius 3 is 2.41 bits per heavy atom. The number of aliphatic imine (C=N–C) groups is 1. The summed E-state index contributed by atoms with van der Waals surface area (Å²) in [4.78, 5) is 7.54. The summed E-state index contributed by atoms with van der Waals surface area (Å²) in [5.41, 5.74) is 0.368. The van der Waals surface area contributed by atoms with E-state index in [1.54, 1.807) is 6.92 Å². The lowest BCUT2D eigenvalue weighted by Crippen LogP contribution is -2.37. The molecule has 10 heteroatoms. The number of hydrogen-bond donors (Lipinski definition) is 0. The van der Waals surface area contributed by atoms with Crippen LogP contribution in [0.4, 0.5) is 28.9 Å². The second-order valence-electron chi connectivity index (χ2n) is 7.33. The van der Waals surface area contributed by atoms with Crippen molar-refractivity contribution in [1.82, 2.24) is 0 Å². The maximum atomic E-state index is 15.0. The number of morpholine rings is 1. The molecule has 170 valence electrons. The van der Waals surface area contributed by atoms with E-state index in [0.29, 0.717) is 36.5 Å². The molecule has 32 heavy (non-hydrogen) atoms. The molecule has 2 aliphatic heterocycles. The quantitative estimate of drug-likeness (QED) is 0.533. The Morgan fingerprint density at radius 1 is 1.06 bits per heavy atom. The summed E-state index contributed by atoms with van der Waals surface area (Å²) in [5.74, 6) is -2.72.